The van der Waals surface area contributed by atoms with E-state index in [1.54, 1.807) is 18.8 Å². The molecule has 7 nitrogen and oxygen atoms in total. The highest BCUT2D eigenvalue weighted by Gasteiger charge is 2.11. The van der Waals surface area contributed by atoms with Crippen molar-refractivity contribution >= 4 is 52.0 Å². The zero-order valence-electron chi connectivity index (χ0n) is 15.6. The maximum atomic E-state index is 12.2. The van der Waals surface area contributed by atoms with E-state index in [1.807, 2.05) is 48.5 Å². The first-order valence-electron chi connectivity index (χ1n) is 8.65. The SMILES string of the molecule is [B]c1nn(-c2ccc(SCc3ccccc3-n3nnn(C)c3=O)cc2)c([B])c1[B]. The van der Waals surface area contributed by atoms with E-state index in [-0.39, 0.29) is 16.7 Å². The van der Waals surface area contributed by atoms with Crippen LogP contribution in [-0.2, 0) is 12.8 Å². The third kappa shape index (κ3) is 3.70. The van der Waals surface area contributed by atoms with Gasteiger partial charge in [-0.3, -0.25) is 0 Å². The lowest BCUT2D eigenvalue weighted by Crippen LogP contribution is -2.35. The molecule has 0 saturated heterocycles. The summed E-state index contributed by atoms with van der Waals surface area (Å²) in [5, 5.41) is 11.9. The number of rotatable bonds is 5. The van der Waals surface area contributed by atoms with Gasteiger partial charge >= 0.3 is 5.69 Å². The van der Waals surface area contributed by atoms with E-state index in [4.69, 9.17) is 23.5 Å². The van der Waals surface area contributed by atoms with E-state index in [0.717, 1.165) is 16.1 Å². The molecule has 0 N–H and O–H groups in total. The van der Waals surface area contributed by atoms with Gasteiger partial charge in [0.05, 0.1) is 11.4 Å². The van der Waals surface area contributed by atoms with E-state index in [1.165, 1.54) is 14.0 Å². The molecule has 6 radical (unpaired) electrons. The smallest absolute Gasteiger partial charge is 0.250 e. The second kappa shape index (κ2) is 7.83. The molecule has 2 aromatic carbocycles. The van der Waals surface area contributed by atoms with Crippen LogP contribution in [0.5, 0.6) is 0 Å². The highest BCUT2D eigenvalue weighted by Crippen LogP contribution is 2.26. The van der Waals surface area contributed by atoms with Gasteiger partial charge in [0.25, 0.3) is 0 Å². The molecule has 2 aromatic heterocycles. The quantitative estimate of drug-likeness (QED) is 0.315. The Kier molecular flexibility index (Phi) is 5.23. The number of para-hydroxylation sites is 1. The molecule has 136 valence electrons. The number of benzene rings is 2. The van der Waals surface area contributed by atoms with Crippen molar-refractivity contribution < 1.29 is 0 Å². The van der Waals surface area contributed by atoms with Gasteiger partial charge in [-0.25, -0.2) is 9.48 Å². The molecule has 0 fully saturated rings. The second-order valence-electron chi connectivity index (χ2n) is 6.30. The van der Waals surface area contributed by atoms with Gasteiger partial charge in [0.2, 0.25) is 0 Å². The van der Waals surface area contributed by atoms with E-state index < -0.39 is 0 Å². The fourth-order valence-corrected chi connectivity index (χ4v) is 3.70. The lowest BCUT2D eigenvalue weighted by Gasteiger charge is -2.09. The van der Waals surface area contributed by atoms with E-state index >= 15 is 0 Å². The van der Waals surface area contributed by atoms with Crippen molar-refractivity contribution in [1.29, 1.82) is 0 Å². The summed E-state index contributed by atoms with van der Waals surface area (Å²) < 4.78 is 4.01. The highest BCUT2D eigenvalue weighted by atomic mass is 32.2. The van der Waals surface area contributed by atoms with Crippen molar-refractivity contribution in [1.82, 2.24) is 29.6 Å². The first-order chi connectivity index (χ1) is 14.0. The van der Waals surface area contributed by atoms with Gasteiger partial charge in [-0.05, 0) is 51.9 Å². The maximum absolute atomic E-state index is 12.2. The fourth-order valence-electron chi connectivity index (χ4n) is 2.81. The third-order valence-corrected chi connectivity index (χ3v) is 5.47. The van der Waals surface area contributed by atoms with E-state index in [9.17, 15) is 4.79 Å². The topological polar surface area (TPSA) is 70.5 Å². The lowest BCUT2D eigenvalue weighted by atomic mass is 9.80. The molecule has 0 unspecified atom stereocenters. The summed E-state index contributed by atoms with van der Waals surface area (Å²) in [5.74, 6) is 0.655. The summed E-state index contributed by atoms with van der Waals surface area (Å²) in [6.07, 6.45) is 0. The molecule has 29 heavy (non-hydrogen) atoms. The number of hydrogen-bond acceptors (Lipinski definition) is 5. The van der Waals surface area contributed by atoms with Gasteiger partial charge < -0.3 is 0 Å². The summed E-state index contributed by atoms with van der Waals surface area (Å²) in [4.78, 5) is 13.2. The Morgan fingerprint density at radius 1 is 0.966 bits per heavy atom. The second-order valence-corrected chi connectivity index (χ2v) is 7.35. The summed E-state index contributed by atoms with van der Waals surface area (Å²) in [7, 11) is 19.0. The van der Waals surface area contributed by atoms with Gasteiger partial charge in [-0.2, -0.15) is 14.5 Å². The van der Waals surface area contributed by atoms with Crippen LogP contribution >= 0.6 is 11.8 Å². The zero-order valence-corrected chi connectivity index (χ0v) is 16.4. The monoisotopic (exact) mass is 394 g/mol. The number of aromatic nitrogens is 6. The van der Waals surface area contributed by atoms with Gasteiger partial charge in [-0.15, -0.1) is 11.8 Å². The highest BCUT2D eigenvalue weighted by molar-refractivity contribution is 7.98. The number of hydrogen-bond donors (Lipinski definition) is 0. The van der Waals surface area contributed by atoms with E-state index in [0.29, 0.717) is 17.0 Å². The standard InChI is InChI=1S/C18H13B3N6OS/c1-25-18(28)27(24-23-25)14-5-3-2-4-11(14)10-29-13-8-6-12(7-9-13)26-17(21)15(19)16(20)22-26/h2-9H,10H2,1H3. The molecular formula is C18H13B3N6OS. The minimum Gasteiger partial charge on any atom is -0.250 e. The molecule has 0 atom stereocenters. The van der Waals surface area contributed by atoms with E-state index in [2.05, 4.69) is 15.5 Å². The van der Waals surface area contributed by atoms with Crippen LogP contribution in [0, 0.1) is 0 Å². The van der Waals surface area contributed by atoms with Crippen LogP contribution in [0.2, 0.25) is 0 Å². The van der Waals surface area contributed by atoms with Crippen molar-refractivity contribution in [3.63, 3.8) is 0 Å². The van der Waals surface area contributed by atoms with Crippen LogP contribution in [0.1, 0.15) is 5.56 Å². The van der Waals surface area contributed by atoms with Crippen molar-refractivity contribution in [3.8, 4) is 11.4 Å². The van der Waals surface area contributed by atoms with Crippen molar-refractivity contribution in [2.75, 3.05) is 0 Å². The number of tetrazole rings is 1. The Labute approximate surface area is 175 Å². The Hall–Kier alpha value is -2.94. The van der Waals surface area contributed by atoms with Crippen molar-refractivity contribution in [2.45, 2.75) is 10.6 Å². The first kappa shape index (κ1) is 19.4. The largest absolute Gasteiger partial charge is 0.368 e. The van der Waals surface area contributed by atoms with Crippen LogP contribution < -0.4 is 22.3 Å². The average molecular weight is 394 g/mol. The molecule has 0 aliphatic rings. The minimum atomic E-state index is -0.290. The fraction of sp³-hybridized carbons (Fsp3) is 0.111. The normalized spacial score (nSPS) is 11.1. The van der Waals surface area contributed by atoms with Crippen LogP contribution in [-0.4, -0.2) is 53.1 Å². The summed E-state index contributed by atoms with van der Waals surface area (Å²) in [6.45, 7) is 0. The zero-order chi connectivity index (χ0) is 20.5. The number of thioether (sulfide) groups is 1. The van der Waals surface area contributed by atoms with Gasteiger partial charge in [-0.1, -0.05) is 23.7 Å². The predicted octanol–water partition coefficient (Wildman–Crippen LogP) is -1.17. The molecule has 4 aromatic rings. The molecular weight excluding hydrogens is 381 g/mol. The predicted molar refractivity (Wildman–Crippen MR) is 116 cm³/mol. The van der Waals surface area contributed by atoms with Crippen LogP contribution in [0.4, 0.5) is 0 Å². The first-order valence-corrected chi connectivity index (χ1v) is 9.64. The summed E-state index contributed by atoms with van der Waals surface area (Å²) >= 11 is 1.63. The molecule has 4 rings (SSSR count). The molecule has 11 heteroatoms. The number of nitrogens with zero attached hydrogens (tertiary/aromatic N) is 6. The Bertz CT molecular complexity index is 1230. The summed E-state index contributed by atoms with van der Waals surface area (Å²) in [5.41, 5.74) is 2.96. The molecule has 0 aliphatic heterocycles. The minimum absolute atomic E-state index is 0.205. The van der Waals surface area contributed by atoms with Gasteiger partial charge in [0.1, 0.15) is 23.5 Å². The molecule has 0 aliphatic carbocycles. The Morgan fingerprint density at radius 3 is 2.31 bits per heavy atom. The molecule has 2 heterocycles. The van der Waals surface area contributed by atoms with Crippen LogP contribution in [0.25, 0.3) is 11.4 Å². The maximum Gasteiger partial charge on any atom is 0.368 e. The number of aryl methyl sites for hydroxylation is 1. The molecule has 0 spiro atoms. The molecule has 0 amide bonds. The Balaban J connectivity index is 1.54. The van der Waals surface area contributed by atoms with Gasteiger partial charge in [0, 0.05) is 23.3 Å². The van der Waals surface area contributed by atoms with Crippen molar-refractivity contribution in [3.05, 3.63) is 64.6 Å². The summed E-state index contributed by atoms with van der Waals surface area (Å²) in [6, 6.07) is 15.3. The van der Waals surface area contributed by atoms with Crippen LogP contribution in [0.3, 0.4) is 0 Å². The van der Waals surface area contributed by atoms with Crippen molar-refractivity contribution in [2.24, 2.45) is 7.05 Å². The molecule has 0 bridgehead atoms. The third-order valence-electron chi connectivity index (χ3n) is 4.40. The molecule has 0 saturated carbocycles. The van der Waals surface area contributed by atoms with Gasteiger partial charge in [0.15, 0.2) is 0 Å². The lowest BCUT2D eigenvalue weighted by molar-refractivity contribution is 0.692. The van der Waals surface area contributed by atoms with Crippen LogP contribution in [0.15, 0.2) is 58.2 Å². The average Bonchev–Trinajstić information content (AvgIpc) is 3.20. The Morgan fingerprint density at radius 2 is 1.69 bits per heavy atom.